The van der Waals surface area contributed by atoms with E-state index in [9.17, 15) is 0 Å². The molecule has 16 heavy (non-hydrogen) atoms. The second-order valence-corrected chi connectivity index (χ2v) is 4.53. The predicted octanol–water partition coefficient (Wildman–Crippen LogP) is 3.61. The normalized spacial score (nSPS) is 13.8. The molecule has 2 heteroatoms. The molecule has 0 unspecified atom stereocenters. The van der Waals surface area contributed by atoms with Gasteiger partial charge in [0.1, 0.15) is 0 Å². The van der Waals surface area contributed by atoms with Crippen molar-refractivity contribution in [2.75, 3.05) is 0 Å². The van der Waals surface area contributed by atoms with Crippen LogP contribution < -0.4 is 5.32 Å². The topological polar surface area (TPSA) is 12.0 Å². The van der Waals surface area contributed by atoms with E-state index >= 15 is 0 Å². The first-order valence-corrected chi connectivity index (χ1v) is 5.79. The van der Waals surface area contributed by atoms with Crippen LogP contribution in [-0.4, -0.2) is 0 Å². The molecule has 0 fully saturated rings. The third-order valence-corrected chi connectivity index (χ3v) is 3.23. The van der Waals surface area contributed by atoms with Crippen LogP contribution in [0.2, 0.25) is 5.02 Å². The van der Waals surface area contributed by atoms with Gasteiger partial charge in [0.05, 0.1) is 0 Å². The summed E-state index contributed by atoms with van der Waals surface area (Å²) < 4.78 is 0. The first-order valence-electron chi connectivity index (χ1n) is 5.41. The average Bonchev–Trinajstić information content (AvgIpc) is 2.75. The zero-order valence-electron chi connectivity index (χ0n) is 8.83. The summed E-state index contributed by atoms with van der Waals surface area (Å²) in [6, 6.07) is 14.6. The zero-order valence-corrected chi connectivity index (χ0v) is 9.59. The maximum Gasteiger partial charge on any atom is 0.0412 e. The maximum absolute atomic E-state index is 6.00. The van der Waals surface area contributed by atoms with E-state index in [0.29, 0.717) is 0 Å². The van der Waals surface area contributed by atoms with Crippen LogP contribution in [0.1, 0.15) is 11.1 Å². The molecular formula is C14H12ClN. The Morgan fingerprint density at radius 1 is 0.875 bits per heavy atom. The molecule has 0 saturated carbocycles. The monoisotopic (exact) mass is 229 g/mol. The van der Waals surface area contributed by atoms with Gasteiger partial charge in [-0.2, -0.15) is 0 Å². The zero-order chi connectivity index (χ0) is 11.0. The molecule has 1 N–H and O–H groups in total. The number of nitrogens with one attached hydrogen (secondary N) is 1. The SMILES string of the molecule is Clc1cccc(-c2ccc3c(c2)CNC3)c1. The van der Waals surface area contributed by atoms with Gasteiger partial charge in [0, 0.05) is 18.1 Å². The van der Waals surface area contributed by atoms with Crippen molar-refractivity contribution in [2.24, 2.45) is 0 Å². The van der Waals surface area contributed by atoms with E-state index in [0.717, 1.165) is 18.1 Å². The first-order chi connectivity index (χ1) is 7.83. The Morgan fingerprint density at radius 3 is 2.56 bits per heavy atom. The number of rotatable bonds is 1. The van der Waals surface area contributed by atoms with E-state index in [-0.39, 0.29) is 0 Å². The first kappa shape index (κ1) is 9.88. The maximum atomic E-state index is 6.00. The van der Waals surface area contributed by atoms with Gasteiger partial charge in [0.25, 0.3) is 0 Å². The van der Waals surface area contributed by atoms with Gasteiger partial charge in [0.2, 0.25) is 0 Å². The van der Waals surface area contributed by atoms with Crippen molar-refractivity contribution in [3.63, 3.8) is 0 Å². The summed E-state index contributed by atoms with van der Waals surface area (Å²) in [4.78, 5) is 0. The van der Waals surface area contributed by atoms with Gasteiger partial charge in [0.15, 0.2) is 0 Å². The molecule has 0 bridgehead atoms. The van der Waals surface area contributed by atoms with Crippen molar-refractivity contribution in [3.05, 3.63) is 58.6 Å². The van der Waals surface area contributed by atoms with Crippen LogP contribution >= 0.6 is 11.6 Å². The van der Waals surface area contributed by atoms with Crippen LogP contribution in [0.5, 0.6) is 0 Å². The van der Waals surface area contributed by atoms with Crippen molar-refractivity contribution >= 4 is 11.6 Å². The number of hydrogen-bond acceptors (Lipinski definition) is 1. The van der Waals surface area contributed by atoms with Crippen LogP contribution in [0.15, 0.2) is 42.5 Å². The van der Waals surface area contributed by atoms with Crippen LogP contribution in [-0.2, 0) is 13.1 Å². The summed E-state index contributed by atoms with van der Waals surface area (Å²) in [5.74, 6) is 0. The summed E-state index contributed by atoms with van der Waals surface area (Å²) in [5.41, 5.74) is 5.23. The highest BCUT2D eigenvalue weighted by molar-refractivity contribution is 6.30. The molecule has 0 aromatic heterocycles. The lowest BCUT2D eigenvalue weighted by Crippen LogP contribution is -1.99. The number of benzene rings is 2. The second kappa shape index (κ2) is 3.93. The Balaban J connectivity index is 2.07. The second-order valence-electron chi connectivity index (χ2n) is 4.10. The molecule has 1 nitrogen and oxygen atoms in total. The van der Waals surface area contributed by atoms with Crippen LogP contribution in [0.3, 0.4) is 0 Å². The fourth-order valence-electron chi connectivity index (χ4n) is 2.14. The highest BCUT2D eigenvalue weighted by Gasteiger charge is 2.10. The predicted molar refractivity (Wildman–Crippen MR) is 67.4 cm³/mol. The summed E-state index contributed by atoms with van der Waals surface area (Å²) >= 11 is 6.00. The molecule has 1 aliphatic rings. The van der Waals surface area contributed by atoms with Crippen molar-refractivity contribution in [3.8, 4) is 11.1 Å². The van der Waals surface area contributed by atoms with Gasteiger partial charge in [-0.25, -0.2) is 0 Å². The standard InChI is InChI=1S/C14H12ClN/c15-14-3-1-2-10(7-14)11-4-5-12-8-16-9-13(12)6-11/h1-7,16H,8-9H2. The Labute approximate surface area is 100 Å². The summed E-state index contributed by atoms with van der Waals surface area (Å²) in [6.45, 7) is 1.97. The van der Waals surface area contributed by atoms with Crippen LogP contribution in [0.25, 0.3) is 11.1 Å². The molecule has 80 valence electrons. The molecule has 0 atom stereocenters. The molecule has 3 rings (SSSR count). The molecule has 2 aromatic rings. The van der Waals surface area contributed by atoms with E-state index in [2.05, 4.69) is 29.6 Å². The van der Waals surface area contributed by atoms with Crippen molar-refractivity contribution in [2.45, 2.75) is 13.1 Å². The van der Waals surface area contributed by atoms with Gasteiger partial charge in [-0.05, 0) is 40.5 Å². The largest absolute Gasteiger partial charge is 0.309 e. The van der Waals surface area contributed by atoms with E-state index in [4.69, 9.17) is 11.6 Å². The molecule has 1 aliphatic heterocycles. The molecule has 0 aliphatic carbocycles. The highest BCUT2D eigenvalue weighted by Crippen LogP contribution is 2.26. The molecule has 0 radical (unpaired) electrons. The average molecular weight is 230 g/mol. The molecule has 2 aromatic carbocycles. The van der Waals surface area contributed by atoms with Crippen molar-refractivity contribution in [1.29, 1.82) is 0 Å². The Morgan fingerprint density at radius 2 is 1.69 bits per heavy atom. The van der Waals surface area contributed by atoms with Crippen molar-refractivity contribution < 1.29 is 0 Å². The molecule has 1 heterocycles. The summed E-state index contributed by atoms with van der Waals surface area (Å²) in [6.07, 6.45) is 0. The van der Waals surface area contributed by atoms with Crippen LogP contribution in [0, 0.1) is 0 Å². The molecular weight excluding hydrogens is 218 g/mol. The molecule has 0 saturated heterocycles. The third-order valence-electron chi connectivity index (χ3n) is 3.00. The minimum absolute atomic E-state index is 0.788. The van der Waals surface area contributed by atoms with Gasteiger partial charge in [-0.15, -0.1) is 0 Å². The van der Waals surface area contributed by atoms with E-state index in [1.165, 1.54) is 22.3 Å². The third kappa shape index (κ3) is 1.73. The lowest BCUT2D eigenvalue weighted by atomic mass is 10.0. The number of halogens is 1. The Bertz CT molecular complexity index is 534. The van der Waals surface area contributed by atoms with Gasteiger partial charge >= 0.3 is 0 Å². The smallest absolute Gasteiger partial charge is 0.0412 e. The minimum Gasteiger partial charge on any atom is -0.309 e. The molecule has 0 spiro atoms. The van der Waals surface area contributed by atoms with Gasteiger partial charge in [-0.3, -0.25) is 0 Å². The Kier molecular flexibility index (Phi) is 2.43. The number of hydrogen-bond donors (Lipinski definition) is 1. The van der Waals surface area contributed by atoms with Crippen LogP contribution in [0.4, 0.5) is 0 Å². The summed E-state index contributed by atoms with van der Waals surface area (Å²) in [5, 5.41) is 4.14. The highest BCUT2D eigenvalue weighted by atomic mass is 35.5. The Hall–Kier alpha value is -1.31. The lowest BCUT2D eigenvalue weighted by Gasteiger charge is -2.05. The molecule has 0 amide bonds. The van der Waals surface area contributed by atoms with Crippen molar-refractivity contribution in [1.82, 2.24) is 5.32 Å². The summed E-state index contributed by atoms with van der Waals surface area (Å²) in [7, 11) is 0. The van der Waals surface area contributed by atoms with E-state index in [1.807, 2.05) is 18.2 Å². The van der Waals surface area contributed by atoms with Gasteiger partial charge in [-0.1, -0.05) is 35.9 Å². The fraction of sp³-hybridized carbons (Fsp3) is 0.143. The van der Waals surface area contributed by atoms with E-state index in [1.54, 1.807) is 0 Å². The number of fused-ring (bicyclic) bond motifs is 1. The minimum atomic E-state index is 0.788. The lowest BCUT2D eigenvalue weighted by molar-refractivity contribution is 0.765. The quantitative estimate of drug-likeness (QED) is 0.788. The van der Waals surface area contributed by atoms with Gasteiger partial charge < -0.3 is 5.32 Å². The fourth-order valence-corrected chi connectivity index (χ4v) is 2.33. The van der Waals surface area contributed by atoms with E-state index < -0.39 is 0 Å².